The zero-order chi connectivity index (χ0) is 14.2. The van der Waals surface area contributed by atoms with Crippen LogP contribution in [0.1, 0.15) is 58.3 Å². The molecule has 4 bridgehead atoms. The van der Waals surface area contributed by atoms with Gasteiger partial charge in [0.2, 0.25) is 0 Å². The van der Waals surface area contributed by atoms with E-state index in [9.17, 15) is 0 Å². The van der Waals surface area contributed by atoms with Crippen molar-refractivity contribution in [2.75, 3.05) is 26.2 Å². The maximum Gasteiger partial charge on any atom is 0.0254 e. The summed E-state index contributed by atoms with van der Waals surface area (Å²) in [6, 6.07) is 0.866. The average Bonchev–Trinajstić information content (AvgIpc) is 2.48. The molecule has 1 aliphatic heterocycles. The molecule has 2 heteroatoms. The third kappa shape index (κ3) is 2.79. The van der Waals surface area contributed by atoms with Gasteiger partial charge >= 0.3 is 0 Å². The Morgan fingerprint density at radius 3 is 2.33 bits per heavy atom. The Labute approximate surface area is 131 Å². The van der Waals surface area contributed by atoms with Gasteiger partial charge in [-0.25, -0.2) is 0 Å². The van der Waals surface area contributed by atoms with Crippen molar-refractivity contribution in [1.29, 1.82) is 0 Å². The summed E-state index contributed by atoms with van der Waals surface area (Å²) in [6.07, 6.45) is 12.1. The number of unbranched alkanes of at least 4 members (excludes halogenated alkanes) is 2. The molecule has 2 nitrogen and oxygen atoms in total. The normalized spacial score (nSPS) is 46.1. The summed E-state index contributed by atoms with van der Waals surface area (Å²) < 4.78 is 0. The minimum absolute atomic E-state index is 0.866. The molecule has 0 spiro atoms. The van der Waals surface area contributed by atoms with Crippen LogP contribution >= 0.6 is 0 Å². The van der Waals surface area contributed by atoms with Gasteiger partial charge in [-0.1, -0.05) is 19.8 Å². The Balaban J connectivity index is 1.45. The van der Waals surface area contributed by atoms with E-state index >= 15 is 0 Å². The van der Waals surface area contributed by atoms with Crippen LogP contribution in [0, 0.1) is 29.6 Å². The SMILES string of the molecule is CCCCCN1CCNCC1C1C2CC3CC(C2)CC1C3. The van der Waals surface area contributed by atoms with E-state index in [1.807, 2.05) is 0 Å². The molecule has 5 rings (SSSR count). The summed E-state index contributed by atoms with van der Waals surface area (Å²) in [4.78, 5) is 2.89. The molecule has 120 valence electrons. The number of piperazine rings is 1. The third-order valence-electron chi connectivity index (χ3n) is 7.19. The lowest BCUT2D eigenvalue weighted by molar-refractivity contribution is -0.0784. The highest BCUT2D eigenvalue weighted by atomic mass is 15.2. The summed E-state index contributed by atoms with van der Waals surface area (Å²) in [7, 11) is 0. The number of hydrogen-bond donors (Lipinski definition) is 1. The van der Waals surface area contributed by atoms with Crippen LogP contribution in [-0.4, -0.2) is 37.1 Å². The van der Waals surface area contributed by atoms with Gasteiger partial charge in [-0.2, -0.15) is 0 Å². The molecule has 1 saturated heterocycles. The maximum atomic E-state index is 3.72. The van der Waals surface area contributed by atoms with Crippen molar-refractivity contribution in [1.82, 2.24) is 10.2 Å². The van der Waals surface area contributed by atoms with Crippen LogP contribution < -0.4 is 5.32 Å². The lowest BCUT2D eigenvalue weighted by Crippen LogP contribution is -2.60. The van der Waals surface area contributed by atoms with Crippen molar-refractivity contribution in [3.63, 3.8) is 0 Å². The minimum atomic E-state index is 0.866. The van der Waals surface area contributed by atoms with Crippen LogP contribution in [0.2, 0.25) is 0 Å². The Kier molecular flexibility index (Phi) is 4.28. The molecule has 21 heavy (non-hydrogen) atoms. The van der Waals surface area contributed by atoms with Crippen molar-refractivity contribution < 1.29 is 0 Å². The second-order valence-corrected chi connectivity index (χ2v) is 8.52. The van der Waals surface area contributed by atoms with Crippen LogP contribution in [0.5, 0.6) is 0 Å². The van der Waals surface area contributed by atoms with E-state index in [-0.39, 0.29) is 0 Å². The highest BCUT2D eigenvalue weighted by molar-refractivity contribution is 5.03. The van der Waals surface area contributed by atoms with Gasteiger partial charge in [0.05, 0.1) is 0 Å². The summed E-state index contributed by atoms with van der Waals surface area (Å²) in [6.45, 7) is 7.49. The lowest BCUT2D eigenvalue weighted by atomic mass is 9.50. The second-order valence-electron chi connectivity index (χ2n) is 8.52. The van der Waals surface area contributed by atoms with E-state index in [0.29, 0.717) is 0 Å². The quantitative estimate of drug-likeness (QED) is 0.779. The molecule has 0 aromatic carbocycles. The zero-order valence-electron chi connectivity index (χ0n) is 13.9. The topological polar surface area (TPSA) is 15.3 Å². The smallest absolute Gasteiger partial charge is 0.0254 e. The van der Waals surface area contributed by atoms with Crippen LogP contribution in [0.25, 0.3) is 0 Å². The standard InChI is InChI=1S/C19H34N2/c1-2-3-4-6-21-7-5-20-13-18(21)19-16-9-14-8-15(11-16)12-17(19)10-14/h14-20H,2-13H2,1H3. The highest BCUT2D eigenvalue weighted by Crippen LogP contribution is 2.57. The minimum Gasteiger partial charge on any atom is -0.314 e. The Morgan fingerprint density at radius 2 is 1.67 bits per heavy atom. The van der Waals surface area contributed by atoms with Crippen molar-refractivity contribution >= 4 is 0 Å². The summed E-state index contributed by atoms with van der Waals surface area (Å²) in [5.74, 6) is 5.44. The molecule has 4 saturated carbocycles. The van der Waals surface area contributed by atoms with Gasteiger partial charge in [-0.05, 0) is 74.7 Å². The molecular formula is C19H34N2. The number of nitrogens with one attached hydrogen (secondary N) is 1. The van der Waals surface area contributed by atoms with E-state index in [2.05, 4.69) is 17.1 Å². The first-order valence-electron chi connectivity index (χ1n) is 9.80. The predicted molar refractivity (Wildman–Crippen MR) is 88.3 cm³/mol. The zero-order valence-corrected chi connectivity index (χ0v) is 13.9. The van der Waals surface area contributed by atoms with E-state index in [1.165, 1.54) is 45.4 Å². The van der Waals surface area contributed by atoms with Crippen molar-refractivity contribution in [3.8, 4) is 0 Å². The molecule has 1 unspecified atom stereocenters. The van der Waals surface area contributed by atoms with Crippen molar-refractivity contribution in [2.24, 2.45) is 29.6 Å². The molecule has 4 aliphatic carbocycles. The fourth-order valence-electron chi connectivity index (χ4n) is 6.59. The lowest BCUT2D eigenvalue weighted by Gasteiger charge is -2.58. The van der Waals surface area contributed by atoms with Gasteiger partial charge < -0.3 is 5.32 Å². The summed E-state index contributed by atoms with van der Waals surface area (Å²) in [5, 5.41) is 3.72. The first-order chi connectivity index (χ1) is 10.3. The molecule has 0 radical (unpaired) electrons. The van der Waals surface area contributed by atoms with Crippen LogP contribution in [0.3, 0.4) is 0 Å². The molecule has 0 amide bonds. The van der Waals surface area contributed by atoms with Crippen molar-refractivity contribution in [3.05, 3.63) is 0 Å². The number of hydrogen-bond acceptors (Lipinski definition) is 2. The van der Waals surface area contributed by atoms with Gasteiger partial charge in [-0.3, -0.25) is 4.90 Å². The number of rotatable bonds is 5. The van der Waals surface area contributed by atoms with Gasteiger partial charge in [0, 0.05) is 25.7 Å². The van der Waals surface area contributed by atoms with E-state index < -0.39 is 0 Å². The highest BCUT2D eigenvalue weighted by Gasteiger charge is 2.51. The van der Waals surface area contributed by atoms with Gasteiger partial charge in [0.1, 0.15) is 0 Å². The summed E-state index contributed by atoms with van der Waals surface area (Å²) in [5.41, 5.74) is 0. The van der Waals surface area contributed by atoms with Gasteiger partial charge in [-0.15, -0.1) is 0 Å². The van der Waals surface area contributed by atoms with Crippen molar-refractivity contribution in [2.45, 2.75) is 64.3 Å². The fourth-order valence-corrected chi connectivity index (χ4v) is 6.59. The molecular weight excluding hydrogens is 256 g/mol. The second kappa shape index (κ2) is 6.20. The van der Waals surface area contributed by atoms with E-state index in [4.69, 9.17) is 0 Å². The molecule has 0 aromatic heterocycles. The molecule has 1 atom stereocenters. The van der Waals surface area contributed by atoms with Gasteiger partial charge in [0.15, 0.2) is 0 Å². The summed E-state index contributed by atoms with van der Waals surface area (Å²) >= 11 is 0. The monoisotopic (exact) mass is 290 g/mol. The van der Waals surface area contributed by atoms with Crippen LogP contribution in [-0.2, 0) is 0 Å². The third-order valence-corrected chi connectivity index (χ3v) is 7.19. The van der Waals surface area contributed by atoms with E-state index in [1.54, 1.807) is 32.1 Å². The Morgan fingerprint density at radius 1 is 0.952 bits per heavy atom. The van der Waals surface area contributed by atoms with Gasteiger partial charge in [0.25, 0.3) is 0 Å². The molecule has 1 N–H and O–H groups in total. The van der Waals surface area contributed by atoms with E-state index in [0.717, 1.165) is 35.6 Å². The first-order valence-corrected chi connectivity index (χ1v) is 9.80. The Hall–Kier alpha value is -0.0800. The maximum absolute atomic E-state index is 3.72. The van der Waals surface area contributed by atoms with Crippen LogP contribution in [0.15, 0.2) is 0 Å². The molecule has 0 aromatic rings. The molecule has 5 aliphatic rings. The fraction of sp³-hybridized carbons (Fsp3) is 1.00. The average molecular weight is 290 g/mol. The first kappa shape index (κ1) is 14.5. The molecule has 1 heterocycles. The number of nitrogens with zero attached hydrogens (tertiary/aromatic N) is 1. The predicted octanol–water partition coefficient (Wildman–Crippen LogP) is 3.52. The Bertz CT molecular complexity index is 325. The van der Waals surface area contributed by atoms with Crippen LogP contribution in [0.4, 0.5) is 0 Å². The molecule has 5 fully saturated rings. The largest absolute Gasteiger partial charge is 0.314 e.